The molecule has 22 aromatic carbocycles. The van der Waals surface area contributed by atoms with Crippen molar-refractivity contribution in [1.82, 2.24) is 19.9 Å². The fraction of sp³-hybridized carbons (Fsp3) is 0.0256. The molecule has 0 amide bonds. The van der Waals surface area contributed by atoms with E-state index in [1.807, 2.05) is 12.4 Å². The Morgan fingerprint density at radius 3 is 0.719 bits per heavy atom. The first-order valence-corrected chi connectivity index (χ1v) is 42.8. The maximum Gasteiger partial charge on any atom is 3.00 e. The van der Waals surface area contributed by atoms with E-state index in [4.69, 9.17) is 19.9 Å². The molecule has 0 unspecified atom stereocenters. The molecule has 0 bridgehead atoms. The van der Waals surface area contributed by atoms with Crippen LogP contribution in [0.1, 0.15) is 20.3 Å². The van der Waals surface area contributed by atoms with Crippen molar-refractivity contribution >= 4 is 231 Å². The van der Waals surface area contributed by atoms with E-state index < -0.39 is 0 Å². The van der Waals surface area contributed by atoms with Gasteiger partial charge in [0, 0.05) is 112 Å². The van der Waals surface area contributed by atoms with E-state index in [0.29, 0.717) is 0 Å². The summed E-state index contributed by atoms with van der Waals surface area (Å²) in [4.78, 5) is 50.2. The summed E-state index contributed by atoms with van der Waals surface area (Å²) in [5.74, 6) is -0.125. The molecule has 24 rings (SSSR count). The van der Waals surface area contributed by atoms with E-state index >= 15 is 0 Å². The van der Waals surface area contributed by atoms with E-state index in [1.54, 1.807) is 12.4 Å². The smallest absolute Gasteiger partial charge is 0.327 e. The van der Waals surface area contributed by atoms with E-state index in [-0.39, 0.29) is 38.1 Å². The second kappa shape index (κ2) is 33.8. The summed E-state index contributed by atoms with van der Waals surface area (Å²) < 4.78 is 0. The second-order valence-corrected chi connectivity index (χ2v) is 32.1. The van der Waals surface area contributed by atoms with Gasteiger partial charge in [0.15, 0.2) is 0 Å². The zero-order valence-electron chi connectivity index (χ0n) is 69.8. The zero-order chi connectivity index (χ0) is 85.0. The monoisotopic (exact) mass is 1820 g/mol. The molecule has 0 aliphatic carbocycles. The largest absolute Gasteiger partial charge is 3.00 e. The number of aromatic nitrogens is 4. The van der Waals surface area contributed by atoms with Gasteiger partial charge < -0.3 is 29.6 Å². The Morgan fingerprint density at radius 1 is 0.234 bits per heavy atom. The van der Waals surface area contributed by atoms with Crippen molar-refractivity contribution in [3.63, 3.8) is 0 Å². The maximum absolute atomic E-state index is 10.0. The molecule has 606 valence electrons. The molecule has 0 saturated heterocycles. The van der Waals surface area contributed by atoms with Gasteiger partial charge in [0.25, 0.3) is 0 Å². The number of fused-ring (bicyclic) bond motifs is 20. The number of hydrogen-bond acceptors (Lipinski definition) is 10. The van der Waals surface area contributed by atoms with Crippen LogP contribution >= 0.6 is 0 Å². The summed E-state index contributed by atoms with van der Waals surface area (Å²) >= 11 is 0. The van der Waals surface area contributed by atoms with Crippen molar-refractivity contribution in [3.8, 4) is 0 Å². The van der Waals surface area contributed by atoms with Crippen LogP contribution in [0.3, 0.4) is 0 Å². The summed E-state index contributed by atoms with van der Waals surface area (Å²) in [6.45, 7) is 2.81. The van der Waals surface area contributed by atoms with Crippen molar-refractivity contribution in [2.24, 2.45) is 0 Å². The van der Waals surface area contributed by atoms with Crippen LogP contribution in [0.25, 0.3) is 151 Å². The fourth-order valence-electron chi connectivity index (χ4n) is 19.0. The Bertz CT molecular complexity index is 7700. The number of ketones is 2. The number of carbonyl (C=O) groups is 2. The molecule has 24 aromatic rings. The third-order valence-corrected chi connectivity index (χ3v) is 24.3. The number of carbonyl (C=O) groups excluding carboxylic acids is 2. The standard InChI is InChI=1S/2C56H35N4.C5H8O2.Ir/c2*1-3-20-41(21-4-1)59(55-44-24-11-7-16-37(44)34-38-17-8-12-25-45(38)55)43-30-31-48-49-28-15-29-51(52(49)54-53(50(48)36-43)57-32-33-58-54)60(42-22-5-2-6-23-42)56-46-26-13-9-18-39(46)35-40-19-10-14-27-47(40)56;1-4(6)3-5(2)7;/h2*1-35H;3H2,1-2H3;/q2*-1;;+3. The average molecular weight is 1820 g/mol. The molecule has 0 radical (unpaired) electrons. The Hall–Kier alpha value is -16.2. The topological polar surface area (TPSA) is 98.7 Å². The van der Waals surface area contributed by atoms with Gasteiger partial charge in [-0.25, -0.2) is 0 Å². The maximum atomic E-state index is 10.0. The molecule has 0 aliphatic rings. The molecule has 0 spiro atoms. The van der Waals surface area contributed by atoms with Crippen LogP contribution in [0.2, 0.25) is 0 Å². The van der Waals surface area contributed by atoms with Crippen LogP contribution < -0.4 is 19.6 Å². The van der Waals surface area contributed by atoms with E-state index in [1.165, 1.54) is 100 Å². The molecule has 0 saturated carbocycles. The van der Waals surface area contributed by atoms with E-state index in [0.717, 1.165) is 133 Å². The second-order valence-electron chi connectivity index (χ2n) is 32.1. The van der Waals surface area contributed by atoms with Gasteiger partial charge in [-0.3, -0.25) is 19.6 Å². The number of para-hydroxylation sites is 4. The average Bonchev–Trinajstić information content (AvgIpc) is 0.741. The predicted octanol–water partition coefficient (Wildman–Crippen LogP) is 31.1. The number of nitrogens with zero attached hydrogens (tertiary/aromatic N) is 8. The van der Waals surface area contributed by atoms with Crippen LogP contribution in [0.4, 0.5) is 68.2 Å². The molecule has 2 aromatic heterocycles. The number of rotatable bonds is 14. The fourth-order valence-corrected chi connectivity index (χ4v) is 19.0. The molecule has 0 atom stereocenters. The third kappa shape index (κ3) is 14.1. The Kier molecular flexibility index (Phi) is 20.9. The first-order chi connectivity index (χ1) is 62.7. The van der Waals surface area contributed by atoms with Gasteiger partial charge in [-0.15, -0.1) is 47.2 Å². The van der Waals surface area contributed by atoms with Crippen LogP contribution in [-0.2, 0) is 29.7 Å². The van der Waals surface area contributed by atoms with Gasteiger partial charge in [-0.05, 0) is 164 Å². The van der Waals surface area contributed by atoms with Gasteiger partial charge >= 0.3 is 20.1 Å². The molecule has 0 fully saturated rings. The SMILES string of the molecule is CC(=O)CC(C)=O.[Ir+3].[c-]1c(N(c2ccccc2)c2c3ccccc3cc3ccccc23)ccc2c1c1nccnc1c1c(N(c3ccccc3)c3c4ccccc4cc4ccccc34)cccc21.[c-]1c(N(c2ccccc2)c2c3ccccc3cc3ccccc23)ccc2c1c1nccnc1c1c(N(c3ccccc3)c3c4ccccc4cc4ccccc34)cccc21. The summed E-state index contributed by atoms with van der Waals surface area (Å²) in [5, 5.41) is 27.1. The molecular formula is C117H78IrN8O2+. The van der Waals surface area contributed by atoms with Gasteiger partial charge in [0.1, 0.15) is 11.6 Å². The summed E-state index contributed by atoms with van der Waals surface area (Å²) in [6.07, 6.45) is 7.31. The molecule has 10 nitrogen and oxygen atoms in total. The first-order valence-electron chi connectivity index (χ1n) is 42.8. The Balaban J connectivity index is 0.000000144. The number of hydrogen-bond donors (Lipinski definition) is 0. The van der Waals surface area contributed by atoms with Crippen molar-refractivity contribution in [3.05, 3.63) is 437 Å². The quantitative estimate of drug-likeness (QED) is 0.0453. The first kappa shape index (κ1) is 79.0. The summed E-state index contributed by atoms with van der Waals surface area (Å²) in [5.41, 5.74) is 15.9. The molecule has 128 heavy (non-hydrogen) atoms. The van der Waals surface area contributed by atoms with Crippen LogP contribution in [0, 0.1) is 12.1 Å². The van der Waals surface area contributed by atoms with E-state index in [2.05, 4.69) is 432 Å². The number of benzene rings is 22. The Labute approximate surface area is 752 Å². The number of anilines is 12. The van der Waals surface area contributed by atoms with E-state index in [9.17, 15) is 9.59 Å². The molecule has 2 heterocycles. The summed E-state index contributed by atoms with van der Waals surface area (Å²) in [7, 11) is 0. The van der Waals surface area contributed by atoms with Crippen LogP contribution in [0.15, 0.2) is 425 Å². The van der Waals surface area contributed by atoms with Gasteiger partial charge in [-0.2, -0.15) is 0 Å². The molecular weight excluding hydrogens is 1740 g/mol. The zero-order valence-corrected chi connectivity index (χ0v) is 72.2. The Morgan fingerprint density at radius 2 is 0.461 bits per heavy atom. The normalized spacial score (nSPS) is 11.4. The van der Waals surface area contributed by atoms with Crippen molar-refractivity contribution in [2.45, 2.75) is 20.3 Å². The minimum Gasteiger partial charge on any atom is -0.327 e. The van der Waals surface area contributed by atoms with Gasteiger partial charge in [-0.1, -0.05) is 302 Å². The van der Waals surface area contributed by atoms with Gasteiger partial charge in [0.05, 0.1) is 51.6 Å². The molecule has 0 aliphatic heterocycles. The van der Waals surface area contributed by atoms with Crippen molar-refractivity contribution in [2.75, 3.05) is 19.6 Å². The van der Waals surface area contributed by atoms with Crippen molar-refractivity contribution in [1.29, 1.82) is 0 Å². The minimum atomic E-state index is -0.0625. The minimum absolute atomic E-state index is 0. The predicted molar refractivity (Wildman–Crippen MR) is 532 cm³/mol. The van der Waals surface area contributed by atoms with Gasteiger partial charge in [0.2, 0.25) is 0 Å². The molecule has 0 N–H and O–H groups in total. The summed E-state index contributed by atoms with van der Waals surface area (Å²) in [6, 6.07) is 151. The molecule has 11 heteroatoms. The number of Topliss-reactive ketones (excluding diaryl/α,β-unsaturated/α-hetero) is 2. The van der Waals surface area contributed by atoms with Crippen LogP contribution in [0.5, 0.6) is 0 Å². The third-order valence-electron chi connectivity index (χ3n) is 24.3. The van der Waals surface area contributed by atoms with Crippen molar-refractivity contribution < 1.29 is 29.7 Å². The van der Waals surface area contributed by atoms with Crippen LogP contribution in [-0.4, -0.2) is 31.5 Å².